The van der Waals surface area contributed by atoms with E-state index in [0.29, 0.717) is 18.0 Å². The monoisotopic (exact) mass is 277 g/mol. The molecule has 0 atom stereocenters. The fourth-order valence-corrected chi connectivity index (χ4v) is 1.75. The minimum atomic E-state index is -0.510. The summed E-state index contributed by atoms with van der Waals surface area (Å²) in [6.45, 7) is 5.16. The molecule has 0 radical (unpaired) electrons. The van der Waals surface area contributed by atoms with Gasteiger partial charge in [0.05, 0.1) is 12.1 Å². The lowest BCUT2D eigenvalue weighted by molar-refractivity contribution is -0.122. The summed E-state index contributed by atoms with van der Waals surface area (Å²) >= 11 is 0. The van der Waals surface area contributed by atoms with Crippen molar-refractivity contribution in [2.75, 3.05) is 20.1 Å². The standard InChI is InChI=1S/C15H20FN3O/c1-11(2)8-18-14(20)10-19(3)9-13-6-4-5-12(7-17)15(13)16/h4-6,11H,8-10H2,1-3H3,(H,18,20). The molecule has 4 nitrogen and oxygen atoms in total. The van der Waals surface area contributed by atoms with Crippen molar-refractivity contribution in [3.05, 3.63) is 35.1 Å². The van der Waals surface area contributed by atoms with E-state index in [9.17, 15) is 9.18 Å². The van der Waals surface area contributed by atoms with Crippen LogP contribution in [-0.4, -0.2) is 30.9 Å². The third-order valence-electron chi connectivity index (χ3n) is 2.76. The second kappa shape index (κ2) is 7.61. The highest BCUT2D eigenvalue weighted by atomic mass is 19.1. The average molecular weight is 277 g/mol. The van der Waals surface area contributed by atoms with Crippen LogP contribution in [0, 0.1) is 23.1 Å². The Morgan fingerprint density at radius 1 is 1.50 bits per heavy atom. The number of carbonyl (C=O) groups excluding carboxylic acids is 1. The van der Waals surface area contributed by atoms with E-state index < -0.39 is 5.82 Å². The molecule has 1 rings (SSSR count). The van der Waals surface area contributed by atoms with Crippen LogP contribution in [0.5, 0.6) is 0 Å². The number of benzene rings is 1. The highest BCUT2D eigenvalue weighted by molar-refractivity contribution is 5.77. The quantitative estimate of drug-likeness (QED) is 0.864. The fraction of sp³-hybridized carbons (Fsp3) is 0.467. The van der Waals surface area contributed by atoms with Crippen molar-refractivity contribution in [2.45, 2.75) is 20.4 Å². The highest BCUT2D eigenvalue weighted by Crippen LogP contribution is 2.13. The minimum absolute atomic E-state index is 0.0279. The fourth-order valence-electron chi connectivity index (χ4n) is 1.75. The summed E-state index contributed by atoms with van der Waals surface area (Å²) in [5.74, 6) is -0.198. The molecule has 0 fully saturated rings. The minimum Gasteiger partial charge on any atom is -0.355 e. The molecular weight excluding hydrogens is 257 g/mol. The van der Waals surface area contributed by atoms with Crippen molar-refractivity contribution in [3.8, 4) is 6.07 Å². The van der Waals surface area contributed by atoms with Crippen LogP contribution < -0.4 is 5.32 Å². The summed E-state index contributed by atoms with van der Waals surface area (Å²) in [5, 5.41) is 11.6. The zero-order chi connectivity index (χ0) is 15.1. The van der Waals surface area contributed by atoms with Gasteiger partial charge in [-0.05, 0) is 19.0 Å². The van der Waals surface area contributed by atoms with Crippen molar-refractivity contribution >= 4 is 5.91 Å². The van der Waals surface area contributed by atoms with Gasteiger partial charge in [-0.15, -0.1) is 0 Å². The summed E-state index contributed by atoms with van der Waals surface area (Å²) < 4.78 is 13.9. The average Bonchev–Trinajstić information content (AvgIpc) is 2.38. The summed E-state index contributed by atoms with van der Waals surface area (Å²) in [6.07, 6.45) is 0. The third-order valence-corrected chi connectivity index (χ3v) is 2.76. The van der Waals surface area contributed by atoms with Crippen molar-refractivity contribution < 1.29 is 9.18 Å². The first-order valence-electron chi connectivity index (χ1n) is 6.56. The Labute approximate surface area is 119 Å². The van der Waals surface area contributed by atoms with Crippen LogP contribution >= 0.6 is 0 Å². The lowest BCUT2D eigenvalue weighted by Crippen LogP contribution is -2.36. The number of likely N-dealkylation sites (N-methyl/N-ethyl adjacent to an activating group) is 1. The Hall–Kier alpha value is -1.93. The van der Waals surface area contributed by atoms with Crippen LogP contribution in [0.2, 0.25) is 0 Å². The second-order valence-corrected chi connectivity index (χ2v) is 5.26. The largest absolute Gasteiger partial charge is 0.355 e. The Kier molecular flexibility index (Phi) is 6.13. The number of nitrogens with zero attached hydrogens (tertiary/aromatic N) is 2. The molecule has 0 bridgehead atoms. The Morgan fingerprint density at radius 2 is 2.20 bits per heavy atom. The molecule has 0 aliphatic heterocycles. The van der Waals surface area contributed by atoms with Crippen molar-refractivity contribution in [1.82, 2.24) is 10.2 Å². The zero-order valence-electron chi connectivity index (χ0n) is 12.1. The maximum absolute atomic E-state index is 13.9. The van der Waals surface area contributed by atoms with Gasteiger partial charge in [-0.2, -0.15) is 5.26 Å². The van der Waals surface area contributed by atoms with Crippen LogP contribution in [0.25, 0.3) is 0 Å². The van der Waals surface area contributed by atoms with Gasteiger partial charge in [0.1, 0.15) is 11.9 Å². The van der Waals surface area contributed by atoms with Gasteiger partial charge in [-0.1, -0.05) is 26.0 Å². The van der Waals surface area contributed by atoms with E-state index >= 15 is 0 Å². The Bertz CT molecular complexity index is 508. The molecule has 0 aliphatic rings. The molecule has 0 aromatic heterocycles. The number of carbonyl (C=O) groups is 1. The number of nitriles is 1. The molecule has 1 amide bonds. The molecule has 20 heavy (non-hydrogen) atoms. The van der Waals surface area contributed by atoms with Gasteiger partial charge >= 0.3 is 0 Å². The molecular formula is C15H20FN3O. The molecule has 0 spiro atoms. The smallest absolute Gasteiger partial charge is 0.234 e. The van der Waals surface area contributed by atoms with E-state index in [-0.39, 0.29) is 24.6 Å². The number of rotatable bonds is 6. The van der Waals surface area contributed by atoms with Gasteiger partial charge < -0.3 is 5.32 Å². The number of amides is 1. The van der Waals surface area contributed by atoms with E-state index in [1.165, 1.54) is 6.07 Å². The number of nitrogens with one attached hydrogen (secondary N) is 1. The Morgan fingerprint density at radius 3 is 2.80 bits per heavy atom. The molecule has 1 aromatic carbocycles. The van der Waals surface area contributed by atoms with Gasteiger partial charge in [0, 0.05) is 18.7 Å². The Balaban J connectivity index is 2.57. The van der Waals surface area contributed by atoms with E-state index in [4.69, 9.17) is 5.26 Å². The van der Waals surface area contributed by atoms with E-state index in [2.05, 4.69) is 5.32 Å². The van der Waals surface area contributed by atoms with Gasteiger partial charge in [0.2, 0.25) is 5.91 Å². The van der Waals surface area contributed by atoms with Gasteiger partial charge in [0.15, 0.2) is 0 Å². The third kappa shape index (κ3) is 4.98. The first-order chi connectivity index (χ1) is 9.43. The lowest BCUT2D eigenvalue weighted by Gasteiger charge is -2.17. The number of hydrogen-bond donors (Lipinski definition) is 1. The van der Waals surface area contributed by atoms with Crippen LogP contribution in [0.15, 0.2) is 18.2 Å². The van der Waals surface area contributed by atoms with Crippen molar-refractivity contribution in [3.63, 3.8) is 0 Å². The zero-order valence-corrected chi connectivity index (χ0v) is 12.1. The molecule has 108 valence electrons. The van der Waals surface area contributed by atoms with Gasteiger partial charge in [-0.25, -0.2) is 4.39 Å². The maximum Gasteiger partial charge on any atom is 0.234 e. The van der Waals surface area contributed by atoms with Crippen molar-refractivity contribution in [2.24, 2.45) is 5.92 Å². The molecule has 0 saturated carbocycles. The summed E-state index contributed by atoms with van der Waals surface area (Å²) in [7, 11) is 1.74. The van der Waals surface area contributed by atoms with Crippen LogP contribution in [-0.2, 0) is 11.3 Å². The predicted octanol–water partition coefficient (Wildman–Crippen LogP) is 1.90. The number of halogens is 1. The lowest BCUT2D eigenvalue weighted by atomic mass is 10.1. The molecule has 5 heteroatoms. The second-order valence-electron chi connectivity index (χ2n) is 5.26. The topological polar surface area (TPSA) is 56.1 Å². The molecule has 0 unspecified atom stereocenters. The molecule has 1 N–H and O–H groups in total. The predicted molar refractivity (Wildman–Crippen MR) is 75.3 cm³/mol. The number of hydrogen-bond acceptors (Lipinski definition) is 3. The van der Waals surface area contributed by atoms with E-state index in [1.807, 2.05) is 19.9 Å². The molecule has 0 saturated heterocycles. The SMILES string of the molecule is CC(C)CNC(=O)CN(C)Cc1cccc(C#N)c1F. The van der Waals surface area contributed by atoms with E-state index in [1.54, 1.807) is 24.1 Å². The molecule has 1 aromatic rings. The van der Waals surface area contributed by atoms with Gasteiger partial charge in [0.25, 0.3) is 0 Å². The summed E-state index contributed by atoms with van der Waals surface area (Å²) in [4.78, 5) is 13.4. The van der Waals surface area contributed by atoms with Crippen LogP contribution in [0.3, 0.4) is 0 Å². The molecule has 0 aliphatic carbocycles. The van der Waals surface area contributed by atoms with Crippen LogP contribution in [0.1, 0.15) is 25.0 Å². The summed E-state index contributed by atoms with van der Waals surface area (Å²) in [6, 6.07) is 6.51. The van der Waals surface area contributed by atoms with Crippen molar-refractivity contribution in [1.29, 1.82) is 5.26 Å². The van der Waals surface area contributed by atoms with Crippen LogP contribution in [0.4, 0.5) is 4.39 Å². The first-order valence-corrected chi connectivity index (χ1v) is 6.56. The molecule has 0 heterocycles. The highest BCUT2D eigenvalue weighted by Gasteiger charge is 2.12. The maximum atomic E-state index is 13.9. The van der Waals surface area contributed by atoms with E-state index in [0.717, 1.165) is 0 Å². The van der Waals surface area contributed by atoms with Gasteiger partial charge in [-0.3, -0.25) is 9.69 Å². The first kappa shape index (κ1) is 16.1. The normalized spacial score (nSPS) is 10.7. The summed E-state index contributed by atoms with van der Waals surface area (Å²) in [5.41, 5.74) is 0.448.